The molecule has 11 heteroatoms. The van der Waals surface area contributed by atoms with Crippen LogP contribution in [0.1, 0.15) is 104 Å². The van der Waals surface area contributed by atoms with Crippen LogP contribution in [0.5, 0.6) is 0 Å². The predicted molar refractivity (Wildman–Crippen MR) is 188 cm³/mol. The van der Waals surface area contributed by atoms with Crippen molar-refractivity contribution in [3.05, 3.63) is 51.5 Å². The van der Waals surface area contributed by atoms with Crippen LogP contribution in [0.3, 0.4) is 0 Å². The molecule has 1 aromatic carbocycles. The van der Waals surface area contributed by atoms with E-state index in [0.717, 1.165) is 42.7 Å². The minimum Gasteiger partial charge on any atom is -0.481 e. The summed E-state index contributed by atoms with van der Waals surface area (Å²) >= 11 is 1.14. The Morgan fingerprint density at radius 3 is 2.27 bits per heavy atom. The fourth-order valence-electron chi connectivity index (χ4n) is 6.56. The van der Waals surface area contributed by atoms with Gasteiger partial charge in [0.2, 0.25) is 5.91 Å². The monoisotopic (exact) mass is 682 g/mol. The van der Waals surface area contributed by atoms with Gasteiger partial charge in [0.05, 0.1) is 12.0 Å². The lowest BCUT2D eigenvalue weighted by molar-refractivity contribution is -0.142. The molecule has 0 saturated carbocycles. The number of aliphatic carboxylic acids is 1. The zero-order valence-corrected chi connectivity index (χ0v) is 30.6. The van der Waals surface area contributed by atoms with Gasteiger partial charge in [0.25, 0.3) is 5.91 Å². The van der Waals surface area contributed by atoms with Crippen LogP contribution in [0.25, 0.3) is 0 Å². The molecule has 1 fully saturated rings. The van der Waals surface area contributed by atoms with Gasteiger partial charge in [0, 0.05) is 42.8 Å². The first-order valence-corrected chi connectivity index (χ1v) is 18.0. The molecule has 0 radical (unpaired) electrons. The largest absolute Gasteiger partial charge is 0.481 e. The summed E-state index contributed by atoms with van der Waals surface area (Å²) in [5.74, 6) is -2.94. The smallest absolute Gasteiger partial charge is 0.306 e. The third-order valence-electron chi connectivity index (χ3n) is 9.66. The van der Waals surface area contributed by atoms with Crippen LogP contribution in [0.2, 0.25) is 0 Å². The van der Waals surface area contributed by atoms with Gasteiger partial charge >= 0.3 is 5.97 Å². The Balaban J connectivity index is 1.73. The molecule has 1 aliphatic rings. The van der Waals surface area contributed by atoms with Crippen LogP contribution in [0, 0.1) is 30.6 Å². The second kappa shape index (κ2) is 17.8. The Morgan fingerprint density at radius 1 is 1.02 bits per heavy atom. The van der Waals surface area contributed by atoms with Gasteiger partial charge in [-0.2, -0.15) is 0 Å². The quantitative estimate of drug-likeness (QED) is 0.204. The number of aromatic nitrogens is 1. The number of hydrogen-bond donors (Lipinski definition) is 2. The predicted octanol–water partition coefficient (Wildman–Crippen LogP) is 5.67. The topological polar surface area (TPSA) is 137 Å². The van der Waals surface area contributed by atoms with Gasteiger partial charge in [0.1, 0.15) is 5.69 Å². The standard InChI is InChI=1S/C37H54N4O6S/c1-22(2)28(20-31(42)29-16-12-13-17-40(29)7)36(45)41(8)30(23(3)4)21-32(43)35-39-33(25(6)48-35)34(44)38-27(18-24(5)37(46)47)19-26-14-10-9-11-15-26/h9-11,14-15,22-24,27-30H,12-13,16-21H2,1-8H3,(H,38,44)(H,46,47)/t24-,27+,28-,29+,30+/m0/s1. The molecular formula is C37H54N4O6S. The van der Waals surface area contributed by atoms with Gasteiger partial charge < -0.3 is 15.3 Å². The molecule has 10 nitrogen and oxygen atoms in total. The summed E-state index contributed by atoms with van der Waals surface area (Å²) in [7, 11) is 3.68. The average Bonchev–Trinajstić information content (AvgIpc) is 3.43. The lowest BCUT2D eigenvalue weighted by Crippen LogP contribution is -2.48. The second-order valence-corrected chi connectivity index (χ2v) is 15.4. The fourth-order valence-corrected chi connectivity index (χ4v) is 7.42. The van der Waals surface area contributed by atoms with Crippen molar-refractivity contribution in [1.82, 2.24) is 20.1 Å². The molecule has 2 aromatic rings. The molecule has 48 heavy (non-hydrogen) atoms. The molecule has 2 N–H and O–H groups in total. The van der Waals surface area contributed by atoms with E-state index < -0.39 is 35.8 Å². The molecule has 2 amide bonds. The summed E-state index contributed by atoms with van der Waals surface area (Å²) < 4.78 is 0. The van der Waals surface area contributed by atoms with Crippen molar-refractivity contribution < 1.29 is 29.1 Å². The number of carboxylic acids is 1. The normalized spacial score (nSPS) is 17.8. The number of carbonyl (C=O) groups is 5. The number of amides is 2. The van der Waals surface area contributed by atoms with E-state index in [1.165, 1.54) is 0 Å². The van der Waals surface area contributed by atoms with Gasteiger partial charge in [-0.3, -0.25) is 28.9 Å². The molecule has 3 rings (SSSR count). The molecule has 0 aliphatic carbocycles. The van der Waals surface area contributed by atoms with Gasteiger partial charge in [-0.1, -0.05) is 71.4 Å². The first-order valence-electron chi connectivity index (χ1n) is 17.2. The van der Waals surface area contributed by atoms with E-state index in [1.807, 2.05) is 65.1 Å². The highest BCUT2D eigenvalue weighted by Gasteiger charge is 2.36. The Labute approximate surface area is 289 Å². The number of benzene rings is 1. The number of aryl methyl sites for hydroxylation is 1. The number of nitrogens with zero attached hydrogens (tertiary/aromatic N) is 3. The van der Waals surface area contributed by atoms with Crippen LogP contribution in [0.15, 0.2) is 30.3 Å². The van der Waals surface area contributed by atoms with Crippen molar-refractivity contribution in [2.75, 3.05) is 20.6 Å². The van der Waals surface area contributed by atoms with Crippen molar-refractivity contribution in [1.29, 1.82) is 0 Å². The summed E-state index contributed by atoms with van der Waals surface area (Å²) in [6.07, 6.45) is 3.80. The number of ketones is 2. The molecule has 1 saturated heterocycles. The summed E-state index contributed by atoms with van der Waals surface area (Å²) in [6, 6.07) is 8.51. The number of thiazole rings is 1. The average molecular weight is 683 g/mol. The lowest BCUT2D eigenvalue weighted by atomic mass is 9.85. The zero-order chi connectivity index (χ0) is 35.7. The molecule has 5 atom stereocenters. The van der Waals surface area contributed by atoms with Gasteiger partial charge in [-0.05, 0) is 63.6 Å². The first-order chi connectivity index (χ1) is 22.6. The number of carbonyl (C=O) groups excluding carboxylic acids is 4. The second-order valence-electron chi connectivity index (χ2n) is 14.2. The minimum absolute atomic E-state index is 0.0325. The van der Waals surface area contributed by atoms with Crippen LogP contribution in [-0.4, -0.2) is 88.0 Å². The minimum atomic E-state index is -0.939. The number of rotatable bonds is 17. The highest BCUT2D eigenvalue weighted by Crippen LogP contribution is 2.28. The van der Waals surface area contributed by atoms with E-state index >= 15 is 0 Å². The van der Waals surface area contributed by atoms with E-state index in [1.54, 1.807) is 25.8 Å². The van der Waals surface area contributed by atoms with Crippen molar-refractivity contribution in [3.63, 3.8) is 0 Å². The Kier molecular flexibility index (Phi) is 14.5. The maximum atomic E-state index is 13.9. The maximum absolute atomic E-state index is 13.9. The third-order valence-corrected chi connectivity index (χ3v) is 10.7. The van der Waals surface area contributed by atoms with Crippen LogP contribution in [0.4, 0.5) is 0 Å². The molecule has 264 valence electrons. The van der Waals surface area contributed by atoms with Gasteiger partial charge in [-0.25, -0.2) is 4.98 Å². The lowest BCUT2D eigenvalue weighted by Gasteiger charge is -2.36. The van der Waals surface area contributed by atoms with E-state index in [2.05, 4.69) is 15.2 Å². The Morgan fingerprint density at radius 2 is 1.69 bits per heavy atom. The van der Waals surface area contributed by atoms with Crippen LogP contribution >= 0.6 is 11.3 Å². The highest BCUT2D eigenvalue weighted by molar-refractivity contribution is 7.13. The van der Waals surface area contributed by atoms with Crippen molar-refractivity contribution in [3.8, 4) is 0 Å². The number of carboxylic acid groups (broad SMARTS) is 1. The van der Waals surface area contributed by atoms with E-state index in [9.17, 15) is 29.1 Å². The zero-order valence-electron chi connectivity index (χ0n) is 29.8. The van der Waals surface area contributed by atoms with Crippen molar-refractivity contribution in [2.24, 2.45) is 23.7 Å². The molecular weight excluding hydrogens is 628 g/mol. The maximum Gasteiger partial charge on any atom is 0.306 e. The number of hydrogen-bond acceptors (Lipinski definition) is 8. The number of nitrogens with one attached hydrogen (secondary N) is 1. The molecule has 1 aromatic heterocycles. The van der Waals surface area contributed by atoms with E-state index in [4.69, 9.17) is 0 Å². The highest BCUT2D eigenvalue weighted by atomic mass is 32.1. The van der Waals surface area contributed by atoms with Crippen molar-refractivity contribution >= 4 is 40.7 Å². The third kappa shape index (κ3) is 10.5. The van der Waals surface area contributed by atoms with Crippen molar-refractivity contribution in [2.45, 2.75) is 105 Å². The fraction of sp³-hybridized carbons (Fsp3) is 0.622. The SMILES string of the molecule is Cc1sc(C(=O)C[C@H](C(C)C)N(C)C(=O)[C@@H](CC(=O)[C@H]2CCCCN2C)C(C)C)nc1C(=O)N[C@@H](Cc1ccccc1)C[C@H](C)C(=O)O. The Bertz CT molecular complexity index is 1420. The summed E-state index contributed by atoms with van der Waals surface area (Å²) in [5.41, 5.74) is 1.11. The van der Waals surface area contributed by atoms with E-state index in [0.29, 0.717) is 11.3 Å². The summed E-state index contributed by atoms with van der Waals surface area (Å²) in [6.45, 7) is 12.1. The number of Topliss-reactive ketones (excluding diaryl/α,β-unsaturated/α-hetero) is 2. The molecule has 0 unspecified atom stereocenters. The van der Waals surface area contributed by atoms with Gasteiger partial charge in [0.15, 0.2) is 16.6 Å². The number of piperidine rings is 1. The van der Waals surface area contributed by atoms with E-state index in [-0.39, 0.29) is 65.3 Å². The number of likely N-dealkylation sites (tertiary alicyclic amines) is 1. The molecule has 2 heterocycles. The Hall–Kier alpha value is -3.44. The molecule has 0 spiro atoms. The number of likely N-dealkylation sites (N-methyl/N-ethyl adjacent to an activating group) is 1. The van der Waals surface area contributed by atoms with Crippen LogP contribution < -0.4 is 5.32 Å². The molecule has 1 aliphatic heterocycles. The van der Waals surface area contributed by atoms with Gasteiger partial charge in [-0.15, -0.1) is 11.3 Å². The summed E-state index contributed by atoms with van der Waals surface area (Å²) in [4.78, 5) is 74.6. The first kappa shape index (κ1) is 39.0. The molecule has 0 bridgehead atoms. The van der Waals surface area contributed by atoms with Crippen LogP contribution in [-0.2, 0) is 20.8 Å². The summed E-state index contributed by atoms with van der Waals surface area (Å²) in [5, 5.41) is 12.7.